The number of carbonyl (C=O) groups excluding carboxylic acids is 1. The molecule has 4 nitrogen and oxygen atoms in total. The Hall–Kier alpha value is -1.55. The molecule has 25 heavy (non-hydrogen) atoms. The fourth-order valence-corrected chi connectivity index (χ4v) is 3.62. The van der Waals surface area contributed by atoms with Gasteiger partial charge in [-0.25, -0.2) is 0 Å². The lowest BCUT2D eigenvalue weighted by molar-refractivity contribution is -0.123. The molecule has 0 saturated carbocycles. The molecule has 1 aliphatic rings. The van der Waals surface area contributed by atoms with Crippen molar-refractivity contribution >= 4 is 5.91 Å². The first-order valence-corrected chi connectivity index (χ1v) is 9.28. The molecule has 1 aliphatic heterocycles. The van der Waals surface area contributed by atoms with E-state index >= 15 is 0 Å². The summed E-state index contributed by atoms with van der Waals surface area (Å²) in [4.78, 5) is 13.8. The van der Waals surface area contributed by atoms with E-state index in [1.807, 2.05) is 0 Å². The molecule has 1 aromatic rings. The standard InChI is InChI=1S/C21H34N2O2/c1-20(2,3)16-10-14(11-17(18(16)24)21(4,5)6)12-23-9-7-8-15(13-23)19(22)25/h10-11,15,24H,7-9,12-13H2,1-6H3,(H2,22,25)/t15-/m0/s1. The number of carbonyl (C=O) groups is 1. The second-order valence-electron chi connectivity index (χ2n) is 9.52. The van der Waals surface area contributed by atoms with Crippen molar-refractivity contribution in [3.63, 3.8) is 0 Å². The second kappa shape index (κ2) is 6.99. The highest BCUT2D eigenvalue weighted by molar-refractivity contribution is 5.76. The van der Waals surface area contributed by atoms with Crippen LogP contribution in [0, 0.1) is 5.92 Å². The van der Waals surface area contributed by atoms with Crippen molar-refractivity contribution in [2.24, 2.45) is 11.7 Å². The third-order valence-electron chi connectivity index (χ3n) is 5.10. The average Bonchev–Trinajstić information content (AvgIpc) is 2.46. The number of likely N-dealkylation sites (tertiary alicyclic amines) is 1. The van der Waals surface area contributed by atoms with Crippen LogP contribution >= 0.6 is 0 Å². The number of nitrogens with two attached hydrogens (primary N) is 1. The van der Waals surface area contributed by atoms with Gasteiger partial charge < -0.3 is 10.8 Å². The van der Waals surface area contributed by atoms with Gasteiger partial charge in [0, 0.05) is 13.1 Å². The number of phenolic OH excluding ortho intramolecular Hbond substituents is 1. The number of rotatable bonds is 3. The number of amides is 1. The van der Waals surface area contributed by atoms with Crippen LogP contribution in [-0.4, -0.2) is 29.0 Å². The molecule has 0 bridgehead atoms. The molecule has 1 amide bonds. The zero-order valence-electron chi connectivity index (χ0n) is 16.6. The average molecular weight is 347 g/mol. The van der Waals surface area contributed by atoms with Gasteiger partial charge in [0.25, 0.3) is 0 Å². The fraction of sp³-hybridized carbons (Fsp3) is 0.667. The first-order valence-electron chi connectivity index (χ1n) is 9.28. The van der Waals surface area contributed by atoms with Crippen molar-refractivity contribution < 1.29 is 9.90 Å². The number of hydrogen-bond donors (Lipinski definition) is 2. The molecule has 0 aliphatic carbocycles. The van der Waals surface area contributed by atoms with E-state index in [2.05, 4.69) is 58.6 Å². The molecule has 2 rings (SSSR count). The topological polar surface area (TPSA) is 66.6 Å². The minimum atomic E-state index is -0.193. The lowest BCUT2D eigenvalue weighted by Gasteiger charge is -2.33. The zero-order valence-corrected chi connectivity index (χ0v) is 16.6. The van der Waals surface area contributed by atoms with Crippen molar-refractivity contribution in [1.29, 1.82) is 0 Å². The third-order valence-corrected chi connectivity index (χ3v) is 5.10. The van der Waals surface area contributed by atoms with Crippen molar-refractivity contribution in [3.05, 3.63) is 28.8 Å². The summed E-state index contributed by atoms with van der Waals surface area (Å²) in [5.41, 5.74) is 8.41. The first kappa shape index (κ1) is 19.8. The predicted octanol–water partition coefficient (Wildman–Crippen LogP) is 3.68. The van der Waals surface area contributed by atoms with E-state index in [-0.39, 0.29) is 22.7 Å². The number of phenols is 1. The summed E-state index contributed by atoms with van der Waals surface area (Å²) in [6, 6.07) is 4.25. The van der Waals surface area contributed by atoms with Crippen molar-refractivity contribution in [2.75, 3.05) is 13.1 Å². The number of piperidine rings is 1. The number of primary amides is 1. The molecule has 0 unspecified atom stereocenters. The van der Waals surface area contributed by atoms with Crippen molar-refractivity contribution in [2.45, 2.75) is 71.8 Å². The van der Waals surface area contributed by atoms with Gasteiger partial charge in [-0.3, -0.25) is 9.69 Å². The number of aromatic hydroxyl groups is 1. The monoisotopic (exact) mass is 346 g/mol. The quantitative estimate of drug-likeness (QED) is 0.877. The Morgan fingerprint density at radius 3 is 2.12 bits per heavy atom. The molecule has 3 N–H and O–H groups in total. The molecule has 1 heterocycles. The molecule has 0 radical (unpaired) electrons. The predicted molar refractivity (Wildman–Crippen MR) is 103 cm³/mol. The van der Waals surface area contributed by atoms with E-state index < -0.39 is 0 Å². The second-order valence-corrected chi connectivity index (χ2v) is 9.52. The number of hydrogen-bond acceptors (Lipinski definition) is 3. The summed E-state index contributed by atoms with van der Waals surface area (Å²) in [6.45, 7) is 15.3. The van der Waals surface area contributed by atoms with Gasteiger partial charge in [-0.05, 0) is 46.9 Å². The van der Waals surface area contributed by atoms with Gasteiger partial charge in [-0.1, -0.05) is 53.7 Å². The van der Waals surface area contributed by atoms with Gasteiger partial charge >= 0.3 is 0 Å². The molecule has 1 fully saturated rings. The highest BCUT2D eigenvalue weighted by Crippen LogP contribution is 2.40. The highest BCUT2D eigenvalue weighted by atomic mass is 16.3. The Morgan fingerprint density at radius 2 is 1.68 bits per heavy atom. The third kappa shape index (κ3) is 4.75. The summed E-state index contributed by atoms with van der Waals surface area (Å²) in [7, 11) is 0. The molecule has 4 heteroatoms. The van der Waals surface area contributed by atoms with Gasteiger partial charge in [-0.2, -0.15) is 0 Å². The van der Waals surface area contributed by atoms with Crippen LogP contribution in [0.15, 0.2) is 12.1 Å². The summed E-state index contributed by atoms with van der Waals surface area (Å²) >= 11 is 0. The normalized spacial score (nSPS) is 19.8. The van der Waals surface area contributed by atoms with Crippen LogP contribution in [0.3, 0.4) is 0 Å². The Morgan fingerprint density at radius 1 is 1.16 bits per heavy atom. The Bertz CT molecular complexity index is 603. The molecule has 1 atom stereocenters. The number of nitrogens with zero attached hydrogens (tertiary/aromatic N) is 1. The highest BCUT2D eigenvalue weighted by Gasteiger charge is 2.28. The van der Waals surface area contributed by atoms with Gasteiger partial charge in [0.1, 0.15) is 5.75 Å². The molecular weight excluding hydrogens is 312 g/mol. The maximum Gasteiger partial charge on any atom is 0.221 e. The van der Waals surface area contributed by atoms with E-state index in [0.717, 1.165) is 43.6 Å². The zero-order chi connectivity index (χ0) is 19.0. The molecule has 140 valence electrons. The van der Waals surface area contributed by atoms with Gasteiger partial charge in [0.05, 0.1) is 5.92 Å². The van der Waals surface area contributed by atoms with Crippen LogP contribution < -0.4 is 5.73 Å². The Labute approximate surface area is 152 Å². The van der Waals surface area contributed by atoms with Crippen LogP contribution in [0.5, 0.6) is 5.75 Å². The maximum absolute atomic E-state index is 11.5. The molecule has 0 spiro atoms. The van der Waals surface area contributed by atoms with E-state index in [1.165, 1.54) is 5.56 Å². The lowest BCUT2D eigenvalue weighted by atomic mass is 9.78. The molecule has 0 aromatic heterocycles. The van der Waals surface area contributed by atoms with Crippen LogP contribution in [0.25, 0.3) is 0 Å². The minimum Gasteiger partial charge on any atom is -0.507 e. The van der Waals surface area contributed by atoms with Crippen LogP contribution in [0.1, 0.15) is 71.1 Å². The lowest BCUT2D eigenvalue weighted by Crippen LogP contribution is -2.40. The number of benzene rings is 1. The Kier molecular flexibility index (Phi) is 5.53. The summed E-state index contributed by atoms with van der Waals surface area (Å²) in [5.74, 6) is 0.175. The van der Waals surface area contributed by atoms with Gasteiger partial charge in [0.2, 0.25) is 5.91 Å². The molecule has 1 aromatic carbocycles. The first-order chi connectivity index (χ1) is 11.4. The molecular formula is C21H34N2O2. The molecule has 1 saturated heterocycles. The van der Waals surface area contributed by atoms with Gasteiger partial charge in [-0.15, -0.1) is 0 Å². The van der Waals surface area contributed by atoms with E-state index in [0.29, 0.717) is 5.75 Å². The fourth-order valence-electron chi connectivity index (χ4n) is 3.62. The summed E-state index contributed by atoms with van der Waals surface area (Å²) in [6.07, 6.45) is 1.89. The van der Waals surface area contributed by atoms with E-state index in [1.54, 1.807) is 0 Å². The van der Waals surface area contributed by atoms with Crippen LogP contribution in [0.4, 0.5) is 0 Å². The Balaban J connectivity index is 2.36. The minimum absolute atomic E-state index is 0.0463. The van der Waals surface area contributed by atoms with Crippen molar-refractivity contribution in [3.8, 4) is 5.75 Å². The summed E-state index contributed by atoms with van der Waals surface area (Å²) < 4.78 is 0. The maximum atomic E-state index is 11.5. The van der Waals surface area contributed by atoms with E-state index in [4.69, 9.17) is 5.73 Å². The van der Waals surface area contributed by atoms with E-state index in [9.17, 15) is 9.90 Å². The largest absolute Gasteiger partial charge is 0.507 e. The van der Waals surface area contributed by atoms with Crippen LogP contribution in [0.2, 0.25) is 0 Å². The van der Waals surface area contributed by atoms with Crippen molar-refractivity contribution in [1.82, 2.24) is 4.90 Å². The van der Waals surface area contributed by atoms with Crippen LogP contribution in [-0.2, 0) is 22.2 Å². The SMILES string of the molecule is CC(C)(C)c1cc(CN2CCC[C@H](C(N)=O)C2)cc(C(C)(C)C)c1O. The smallest absolute Gasteiger partial charge is 0.221 e. The summed E-state index contributed by atoms with van der Waals surface area (Å²) in [5, 5.41) is 10.8. The van der Waals surface area contributed by atoms with Gasteiger partial charge in [0.15, 0.2) is 0 Å².